The SMILES string of the molecule is O=[N+]([O-])c1c(Cl)ncnc1NCc1ccccc1Cl. The summed E-state index contributed by atoms with van der Waals surface area (Å²) in [6.07, 6.45) is 1.16. The van der Waals surface area contributed by atoms with Gasteiger partial charge in [0.05, 0.1) is 4.92 Å². The number of benzene rings is 1. The number of nitro groups is 1. The zero-order chi connectivity index (χ0) is 13.8. The highest BCUT2D eigenvalue weighted by molar-refractivity contribution is 6.32. The number of hydrogen-bond acceptors (Lipinski definition) is 5. The Kier molecular flexibility index (Phi) is 4.13. The first kappa shape index (κ1) is 13.5. The molecular weight excluding hydrogens is 291 g/mol. The van der Waals surface area contributed by atoms with Gasteiger partial charge in [0.2, 0.25) is 11.0 Å². The van der Waals surface area contributed by atoms with Gasteiger partial charge in [0.25, 0.3) is 0 Å². The van der Waals surface area contributed by atoms with Crippen LogP contribution in [0.4, 0.5) is 11.5 Å². The number of aromatic nitrogens is 2. The van der Waals surface area contributed by atoms with Crippen molar-refractivity contribution in [1.82, 2.24) is 9.97 Å². The molecule has 2 rings (SSSR count). The van der Waals surface area contributed by atoms with Crippen molar-refractivity contribution in [2.75, 3.05) is 5.32 Å². The Balaban J connectivity index is 2.23. The first-order valence-corrected chi connectivity index (χ1v) is 5.97. The van der Waals surface area contributed by atoms with Gasteiger partial charge in [-0.2, -0.15) is 0 Å². The van der Waals surface area contributed by atoms with Crippen LogP contribution >= 0.6 is 23.2 Å². The number of halogens is 2. The van der Waals surface area contributed by atoms with Crippen LogP contribution in [0.15, 0.2) is 30.6 Å². The van der Waals surface area contributed by atoms with Gasteiger partial charge in [0, 0.05) is 11.6 Å². The third-order valence-electron chi connectivity index (χ3n) is 2.36. The molecule has 0 spiro atoms. The van der Waals surface area contributed by atoms with E-state index in [0.29, 0.717) is 11.6 Å². The van der Waals surface area contributed by atoms with E-state index >= 15 is 0 Å². The molecule has 1 aromatic heterocycles. The van der Waals surface area contributed by atoms with E-state index in [9.17, 15) is 10.1 Å². The predicted octanol–water partition coefficient (Wildman–Crippen LogP) is 3.30. The average molecular weight is 299 g/mol. The zero-order valence-corrected chi connectivity index (χ0v) is 11.0. The third kappa shape index (κ3) is 3.10. The molecule has 0 aliphatic heterocycles. The van der Waals surface area contributed by atoms with Gasteiger partial charge in [0.15, 0.2) is 0 Å². The van der Waals surface area contributed by atoms with Crippen LogP contribution in [-0.2, 0) is 6.54 Å². The zero-order valence-electron chi connectivity index (χ0n) is 9.51. The second-order valence-electron chi connectivity index (χ2n) is 3.56. The Labute approximate surface area is 118 Å². The highest BCUT2D eigenvalue weighted by Gasteiger charge is 2.21. The number of nitrogens with one attached hydrogen (secondary N) is 1. The number of anilines is 1. The maximum absolute atomic E-state index is 10.9. The lowest BCUT2D eigenvalue weighted by molar-refractivity contribution is -0.384. The Hall–Kier alpha value is -1.92. The fourth-order valence-electron chi connectivity index (χ4n) is 1.47. The molecule has 19 heavy (non-hydrogen) atoms. The van der Waals surface area contributed by atoms with Crippen molar-refractivity contribution in [2.24, 2.45) is 0 Å². The van der Waals surface area contributed by atoms with Crippen LogP contribution in [0.1, 0.15) is 5.56 Å². The van der Waals surface area contributed by atoms with Gasteiger partial charge in [-0.15, -0.1) is 0 Å². The van der Waals surface area contributed by atoms with Crippen LogP contribution in [-0.4, -0.2) is 14.9 Å². The van der Waals surface area contributed by atoms with E-state index in [-0.39, 0.29) is 16.7 Å². The molecule has 0 aliphatic carbocycles. The molecule has 98 valence electrons. The Morgan fingerprint density at radius 2 is 2.00 bits per heavy atom. The maximum Gasteiger partial charge on any atom is 0.348 e. The topological polar surface area (TPSA) is 81.0 Å². The Bertz CT molecular complexity index is 621. The van der Waals surface area contributed by atoms with E-state index in [4.69, 9.17) is 23.2 Å². The van der Waals surface area contributed by atoms with Crippen LogP contribution in [0.25, 0.3) is 0 Å². The molecule has 0 radical (unpaired) electrons. The van der Waals surface area contributed by atoms with Crippen LogP contribution < -0.4 is 5.32 Å². The fraction of sp³-hybridized carbons (Fsp3) is 0.0909. The first-order chi connectivity index (χ1) is 9.09. The summed E-state index contributed by atoms with van der Waals surface area (Å²) in [6, 6.07) is 7.17. The molecule has 2 aromatic rings. The number of rotatable bonds is 4. The molecule has 1 aromatic carbocycles. The lowest BCUT2D eigenvalue weighted by atomic mass is 10.2. The standard InChI is InChI=1S/C11H8Cl2N4O2/c12-8-4-2-1-3-7(8)5-14-11-9(17(18)19)10(13)15-6-16-11/h1-4,6H,5H2,(H,14,15,16). The van der Waals surface area contributed by atoms with Crippen molar-refractivity contribution in [3.63, 3.8) is 0 Å². The molecule has 8 heteroatoms. The van der Waals surface area contributed by atoms with Gasteiger partial charge in [0.1, 0.15) is 6.33 Å². The third-order valence-corrected chi connectivity index (χ3v) is 3.01. The quantitative estimate of drug-likeness (QED) is 0.532. The monoisotopic (exact) mass is 298 g/mol. The minimum absolute atomic E-state index is 0.0601. The average Bonchev–Trinajstić information content (AvgIpc) is 2.37. The van der Waals surface area contributed by atoms with E-state index in [1.54, 1.807) is 12.1 Å². The number of hydrogen-bond donors (Lipinski definition) is 1. The fourth-order valence-corrected chi connectivity index (χ4v) is 1.87. The molecule has 0 saturated carbocycles. The minimum atomic E-state index is -0.628. The number of nitrogens with zero attached hydrogens (tertiary/aromatic N) is 3. The van der Waals surface area contributed by atoms with Gasteiger partial charge in [-0.25, -0.2) is 9.97 Å². The molecule has 0 saturated heterocycles. The second-order valence-corrected chi connectivity index (χ2v) is 4.33. The van der Waals surface area contributed by atoms with E-state index < -0.39 is 4.92 Å². The minimum Gasteiger partial charge on any atom is -0.360 e. The Morgan fingerprint density at radius 3 is 2.68 bits per heavy atom. The van der Waals surface area contributed by atoms with Crippen LogP contribution in [0.2, 0.25) is 10.2 Å². The molecule has 0 unspecified atom stereocenters. The van der Waals surface area contributed by atoms with Gasteiger partial charge in [-0.3, -0.25) is 10.1 Å². The van der Waals surface area contributed by atoms with Crippen molar-refractivity contribution in [1.29, 1.82) is 0 Å². The van der Waals surface area contributed by atoms with Gasteiger partial charge >= 0.3 is 5.69 Å². The summed E-state index contributed by atoms with van der Waals surface area (Å²) < 4.78 is 0. The van der Waals surface area contributed by atoms with E-state index in [0.717, 1.165) is 11.9 Å². The van der Waals surface area contributed by atoms with Crippen LogP contribution in [0, 0.1) is 10.1 Å². The largest absolute Gasteiger partial charge is 0.360 e. The van der Waals surface area contributed by atoms with Crippen molar-refractivity contribution in [2.45, 2.75) is 6.54 Å². The maximum atomic E-state index is 10.9. The molecule has 0 bridgehead atoms. The van der Waals surface area contributed by atoms with Crippen molar-refractivity contribution in [3.8, 4) is 0 Å². The van der Waals surface area contributed by atoms with Gasteiger partial charge in [-0.05, 0) is 11.6 Å². The summed E-state index contributed by atoms with van der Waals surface area (Å²) >= 11 is 11.7. The first-order valence-electron chi connectivity index (χ1n) is 5.21. The summed E-state index contributed by atoms with van der Waals surface area (Å²) in [5.74, 6) is 0.0601. The summed E-state index contributed by atoms with van der Waals surface area (Å²) in [7, 11) is 0. The molecule has 0 amide bonds. The highest BCUT2D eigenvalue weighted by atomic mass is 35.5. The van der Waals surface area contributed by atoms with Gasteiger partial charge in [-0.1, -0.05) is 41.4 Å². The lowest BCUT2D eigenvalue weighted by Crippen LogP contribution is -2.06. The normalized spacial score (nSPS) is 10.2. The van der Waals surface area contributed by atoms with E-state index in [2.05, 4.69) is 15.3 Å². The summed E-state index contributed by atoms with van der Waals surface area (Å²) in [6.45, 7) is 0.299. The van der Waals surface area contributed by atoms with Gasteiger partial charge < -0.3 is 5.32 Å². The van der Waals surface area contributed by atoms with Crippen molar-refractivity contribution >= 4 is 34.7 Å². The molecule has 1 heterocycles. The second kappa shape index (κ2) is 5.81. The van der Waals surface area contributed by atoms with E-state index in [1.165, 1.54) is 0 Å². The highest BCUT2D eigenvalue weighted by Crippen LogP contribution is 2.29. The smallest absolute Gasteiger partial charge is 0.348 e. The van der Waals surface area contributed by atoms with Crippen LogP contribution in [0.3, 0.4) is 0 Å². The Morgan fingerprint density at radius 1 is 1.26 bits per heavy atom. The molecule has 1 N–H and O–H groups in total. The molecule has 0 aliphatic rings. The molecule has 0 atom stereocenters. The lowest BCUT2D eigenvalue weighted by Gasteiger charge is -2.07. The summed E-state index contributed by atoms with van der Waals surface area (Å²) in [5, 5.41) is 14.1. The van der Waals surface area contributed by atoms with Crippen molar-refractivity contribution in [3.05, 3.63) is 56.4 Å². The molecule has 6 nitrogen and oxygen atoms in total. The van der Waals surface area contributed by atoms with Crippen molar-refractivity contribution < 1.29 is 4.92 Å². The van der Waals surface area contributed by atoms with Crippen LogP contribution in [0.5, 0.6) is 0 Å². The predicted molar refractivity (Wildman–Crippen MR) is 72.5 cm³/mol. The van der Waals surface area contributed by atoms with E-state index in [1.807, 2.05) is 12.1 Å². The summed E-state index contributed by atoms with van der Waals surface area (Å²) in [4.78, 5) is 17.7. The molecular formula is C11H8Cl2N4O2. The molecule has 0 fully saturated rings. The summed E-state index contributed by atoms with van der Waals surface area (Å²) in [5.41, 5.74) is 0.449.